The van der Waals surface area contributed by atoms with Crippen LogP contribution in [0.1, 0.15) is 31.7 Å². The molecule has 0 heterocycles. The molecule has 1 aromatic rings. The van der Waals surface area contributed by atoms with Gasteiger partial charge in [0.2, 0.25) is 5.91 Å². The molecule has 0 fully saturated rings. The highest BCUT2D eigenvalue weighted by Gasteiger charge is 2.09. The van der Waals surface area contributed by atoms with Crippen LogP contribution in [0, 0.1) is 0 Å². The first kappa shape index (κ1) is 18.3. The van der Waals surface area contributed by atoms with Gasteiger partial charge in [0.05, 0.1) is 20.6 Å². The fourth-order valence-electron chi connectivity index (χ4n) is 1.98. The topological polar surface area (TPSA) is 56.8 Å². The molecular formula is C17H27NO4. The third kappa shape index (κ3) is 6.80. The molecule has 1 N–H and O–H groups in total. The molecule has 5 nitrogen and oxygen atoms in total. The first-order valence-electron chi connectivity index (χ1n) is 7.76. The van der Waals surface area contributed by atoms with Crippen molar-refractivity contribution in [3.8, 4) is 11.5 Å². The molecule has 0 radical (unpaired) electrons. The summed E-state index contributed by atoms with van der Waals surface area (Å²) in [5, 5.41) is 2.90. The maximum Gasteiger partial charge on any atom is 0.224 e. The second-order valence-corrected chi connectivity index (χ2v) is 5.02. The number of methoxy groups -OCH3 is 2. The lowest BCUT2D eigenvalue weighted by atomic mass is 10.1. The molecule has 0 aliphatic heterocycles. The van der Waals surface area contributed by atoms with Gasteiger partial charge in [-0.3, -0.25) is 4.79 Å². The van der Waals surface area contributed by atoms with Crippen molar-refractivity contribution in [2.24, 2.45) is 0 Å². The molecule has 0 spiro atoms. The van der Waals surface area contributed by atoms with E-state index in [9.17, 15) is 4.79 Å². The predicted octanol–water partition coefficient (Wildman–Crippen LogP) is 2.57. The van der Waals surface area contributed by atoms with E-state index in [0.717, 1.165) is 31.4 Å². The van der Waals surface area contributed by atoms with Crippen molar-refractivity contribution in [3.05, 3.63) is 23.8 Å². The summed E-state index contributed by atoms with van der Waals surface area (Å²) in [7, 11) is 3.19. The predicted molar refractivity (Wildman–Crippen MR) is 86.6 cm³/mol. The Bertz CT molecular complexity index is 448. The zero-order chi connectivity index (χ0) is 16.2. The molecule has 22 heavy (non-hydrogen) atoms. The van der Waals surface area contributed by atoms with Crippen LogP contribution >= 0.6 is 0 Å². The monoisotopic (exact) mass is 309 g/mol. The molecule has 0 saturated heterocycles. The smallest absolute Gasteiger partial charge is 0.224 e. The Morgan fingerprint density at radius 3 is 2.59 bits per heavy atom. The lowest BCUT2D eigenvalue weighted by molar-refractivity contribution is -0.120. The molecule has 0 aromatic heterocycles. The summed E-state index contributed by atoms with van der Waals surface area (Å²) in [6.45, 7) is 4.25. The Balaban J connectivity index is 2.30. The number of benzene rings is 1. The largest absolute Gasteiger partial charge is 0.497 e. The number of nitrogens with one attached hydrogen (secondary N) is 1. The van der Waals surface area contributed by atoms with E-state index >= 15 is 0 Å². The average molecular weight is 309 g/mol. The van der Waals surface area contributed by atoms with E-state index in [-0.39, 0.29) is 5.91 Å². The highest BCUT2D eigenvalue weighted by molar-refractivity contribution is 5.79. The van der Waals surface area contributed by atoms with E-state index in [2.05, 4.69) is 12.2 Å². The SMILES string of the molecule is CCCCOCCCNC(=O)Cc1ccc(OC)cc1OC. The van der Waals surface area contributed by atoms with Crippen LogP contribution in [0.15, 0.2) is 18.2 Å². The summed E-state index contributed by atoms with van der Waals surface area (Å²) in [4.78, 5) is 11.9. The van der Waals surface area contributed by atoms with Crippen LogP contribution in [-0.2, 0) is 16.0 Å². The zero-order valence-corrected chi connectivity index (χ0v) is 13.8. The fourth-order valence-corrected chi connectivity index (χ4v) is 1.98. The summed E-state index contributed by atoms with van der Waals surface area (Å²) in [6, 6.07) is 5.46. The number of hydrogen-bond donors (Lipinski definition) is 1. The summed E-state index contributed by atoms with van der Waals surface area (Å²) in [5.74, 6) is 1.36. The first-order chi connectivity index (χ1) is 10.7. The second-order valence-electron chi connectivity index (χ2n) is 5.02. The number of ether oxygens (including phenoxy) is 3. The highest BCUT2D eigenvalue weighted by Crippen LogP contribution is 2.24. The Hall–Kier alpha value is -1.75. The maximum atomic E-state index is 11.9. The fraction of sp³-hybridized carbons (Fsp3) is 0.588. The number of rotatable bonds is 11. The average Bonchev–Trinajstić information content (AvgIpc) is 2.54. The van der Waals surface area contributed by atoms with Crippen molar-refractivity contribution in [1.29, 1.82) is 0 Å². The summed E-state index contributed by atoms with van der Waals surface area (Å²) in [5.41, 5.74) is 0.847. The van der Waals surface area contributed by atoms with Crippen LogP contribution in [0.3, 0.4) is 0 Å². The Morgan fingerprint density at radius 2 is 1.91 bits per heavy atom. The van der Waals surface area contributed by atoms with Gasteiger partial charge in [-0.1, -0.05) is 19.4 Å². The van der Waals surface area contributed by atoms with Crippen LogP contribution in [-0.4, -0.2) is 39.9 Å². The zero-order valence-electron chi connectivity index (χ0n) is 13.8. The Morgan fingerprint density at radius 1 is 1.14 bits per heavy atom. The maximum absolute atomic E-state index is 11.9. The number of amides is 1. The molecule has 1 amide bonds. The van der Waals surface area contributed by atoms with Gasteiger partial charge in [0.15, 0.2) is 0 Å². The molecule has 0 atom stereocenters. The van der Waals surface area contributed by atoms with Gasteiger partial charge in [0.25, 0.3) is 0 Å². The molecule has 0 bridgehead atoms. The van der Waals surface area contributed by atoms with Gasteiger partial charge < -0.3 is 19.5 Å². The van der Waals surface area contributed by atoms with Crippen LogP contribution in [0.2, 0.25) is 0 Å². The van der Waals surface area contributed by atoms with Gasteiger partial charge in [-0.05, 0) is 18.9 Å². The Kier molecular flexibility index (Phi) is 9.07. The minimum Gasteiger partial charge on any atom is -0.497 e. The van der Waals surface area contributed by atoms with E-state index in [1.807, 2.05) is 12.1 Å². The molecule has 0 aliphatic carbocycles. The second kappa shape index (κ2) is 10.9. The van der Waals surface area contributed by atoms with Gasteiger partial charge in [0, 0.05) is 31.4 Å². The molecule has 1 rings (SSSR count). The number of hydrogen-bond acceptors (Lipinski definition) is 4. The van der Waals surface area contributed by atoms with Gasteiger partial charge in [0.1, 0.15) is 11.5 Å². The summed E-state index contributed by atoms with van der Waals surface area (Å²) in [6.07, 6.45) is 3.35. The van der Waals surface area contributed by atoms with Gasteiger partial charge in [-0.15, -0.1) is 0 Å². The summed E-state index contributed by atoms with van der Waals surface area (Å²) < 4.78 is 15.9. The van der Waals surface area contributed by atoms with Crippen molar-refractivity contribution in [3.63, 3.8) is 0 Å². The van der Waals surface area contributed by atoms with Gasteiger partial charge >= 0.3 is 0 Å². The summed E-state index contributed by atoms with van der Waals surface area (Å²) >= 11 is 0. The van der Waals surface area contributed by atoms with E-state index in [0.29, 0.717) is 31.1 Å². The Labute approximate surface area is 132 Å². The number of unbranched alkanes of at least 4 members (excludes halogenated alkanes) is 1. The van der Waals surface area contributed by atoms with Crippen LogP contribution < -0.4 is 14.8 Å². The molecular weight excluding hydrogens is 282 g/mol. The number of carbonyl (C=O) groups is 1. The van der Waals surface area contributed by atoms with E-state index < -0.39 is 0 Å². The van der Waals surface area contributed by atoms with Crippen molar-refractivity contribution >= 4 is 5.91 Å². The van der Waals surface area contributed by atoms with Crippen molar-refractivity contribution < 1.29 is 19.0 Å². The van der Waals surface area contributed by atoms with Crippen molar-refractivity contribution in [1.82, 2.24) is 5.32 Å². The van der Waals surface area contributed by atoms with Crippen LogP contribution in [0.4, 0.5) is 0 Å². The normalized spacial score (nSPS) is 10.3. The molecule has 124 valence electrons. The molecule has 0 unspecified atom stereocenters. The van der Waals surface area contributed by atoms with Crippen molar-refractivity contribution in [2.45, 2.75) is 32.6 Å². The highest BCUT2D eigenvalue weighted by atomic mass is 16.5. The van der Waals surface area contributed by atoms with Gasteiger partial charge in [-0.2, -0.15) is 0 Å². The standard InChI is InChI=1S/C17H27NO4/c1-4-5-10-22-11-6-9-18-17(19)12-14-7-8-15(20-2)13-16(14)21-3/h7-8,13H,4-6,9-12H2,1-3H3,(H,18,19). The minimum atomic E-state index is -0.0166. The van der Waals surface area contributed by atoms with Crippen LogP contribution in [0.5, 0.6) is 11.5 Å². The third-order valence-corrected chi connectivity index (χ3v) is 3.28. The van der Waals surface area contributed by atoms with Crippen LogP contribution in [0.25, 0.3) is 0 Å². The molecule has 1 aromatic carbocycles. The molecule has 0 saturated carbocycles. The van der Waals surface area contributed by atoms with Crippen molar-refractivity contribution in [2.75, 3.05) is 34.0 Å². The van der Waals surface area contributed by atoms with E-state index in [1.165, 1.54) is 0 Å². The lowest BCUT2D eigenvalue weighted by Crippen LogP contribution is -2.27. The van der Waals surface area contributed by atoms with Gasteiger partial charge in [-0.25, -0.2) is 0 Å². The lowest BCUT2D eigenvalue weighted by Gasteiger charge is -2.11. The quantitative estimate of drug-likeness (QED) is 0.638. The molecule has 5 heteroatoms. The first-order valence-corrected chi connectivity index (χ1v) is 7.76. The molecule has 0 aliphatic rings. The third-order valence-electron chi connectivity index (χ3n) is 3.28. The van der Waals surface area contributed by atoms with E-state index in [4.69, 9.17) is 14.2 Å². The number of carbonyl (C=O) groups excluding carboxylic acids is 1. The van der Waals surface area contributed by atoms with E-state index in [1.54, 1.807) is 20.3 Å². The minimum absolute atomic E-state index is 0.0166.